The molecule has 0 atom stereocenters. The molecule has 1 aliphatic rings. The van der Waals surface area contributed by atoms with Gasteiger partial charge in [-0.3, -0.25) is 4.98 Å². The first-order valence-corrected chi connectivity index (χ1v) is 4.30. The highest BCUT2D eigenvalue weighted by molar-refractivity contribution is 5.31. The first kappa shape index (κ1) is 8.44. The minimum atomic E-state index is -0.388. The van der Waals surface area contributed by atoms with Gasteiger partial charge in [0.2, 0.25) is 0 Å². The summed E-state index contributed by atoms with van der Waals surface area (Å²) in [5, 5.41) is 0. The Balaban J connectivity index is 2.25. The summed E-state index contributed by atoms with van der Waals surface area (Å²) in [4.78, 5) is 3.72. The van der Waals surface area contributed by atoms with Gasteiger partial charge in [-0.05, 0) is 12.8 Å². The van der Waals surface area contributed by atoms with Crippen molar-refractivity contribution >= 4 is 0 Å². The summed E-state index contributed by atoms with van der Waals surface area (Å²) in [6, 6.07) is 0. The summed E-state index contributed by atoms with van der Waals surface area (Å²) in [6.07, 6.45) is 5.00. The Hall–Kier alpha value is -1.16. The highest BCUT2D eigenvalue weighted by atomic mass is 19.1. The van der Waals surface area contributed by atoms with Gasteiger partial charge >= 0.3 is 0 Å². The number of pyridine rings is 1. The van der Waals surface area contributed by atoms with Crippen LogP contribution in [0.3, 0.4) is 0 Å². The third-order valence-electron chi connectivity index (χ3n) is 1.99. The lowest BCUT2D eigenvalue weighted by Crippen LogP contribution is -2.06. The largest absolute Gasteiger partial charge is 0.488 e. The number of halogens is 1. The van der Waals surface area contributed by atoms with E-state index in [0.29, 0.717) is 11.3 Å². The van der Waals surface area contributed by atoms with Gasteiger partial charge in [0.05, 0.1) is 18.5 Å². The SMILES string of the molecule is NCc1c(F)cncc1OC1CC1. The lowest BCUT2D eigenvalue weighted by atomic mass is 10.2. The van der Waals surface area contributed by atoms with Crippen LogP contribution in [0, 0.1) is 5.82 Å². The average molecular weight is 182 g/mol. The maximum atomic E-state index is 13.1. The van der Waals surface area contributed by atoms with E-state index in [-0.39, 0.29) is 18.5 Å². The molecule has 3 nitrogen and oxygen atoms in total. The Bertz CT molecular complexity index is 312. The van der Waals surface area contributed by atoms with Gasteiger partial charge in [0.15, 0.2) is 0 Å². The van der Waals surface area contributed by atoms with Crippen LogP contribution in [0.1, 0.15) is 18.4 Å². The third kappa shape index (κ3) is 1.78. The number of hydrogen-bond acceptors (Lipinski definition) is 3. The van der Waals surface area contributed by atoms with Crippen LogP contribution in [-0.2, 0) is 6.54 Å². The van der Waals surface area contributed by atoms with Crippen LogP contribution in [-0.4, -0.2) is 11.1 Å². The number of ether oxygens (including phenoxy) is 1. The van der Waals surface area contributed by atoms with Crippen LogP contribution in [0.2, 0.25) is 0 Å². The zero-order chi connectivity index (χ0) is 9.26. The highest BCUT2D eigenvalue weighted by Crippen LogP contribution is 2.29. The topological polar surface area (TPSA) is 48.1 Å². The fourth-order valence-corrected chi connectivity index (χ4v) is 1.11. The summed E-state index contributed by atoms with van der Waals surface area (Å²) in [6.45, 7) is 0.149. The molecule has 0 amide bonds. The molecule has 0 aromatic carbocycles. The maximum Gasteiger partial charge on any atom is 0.149 e. The van der Waals surface area contributed by atoms with E-state index in [1.54, 1.807) is 0 Å². The lowest BCUT2D eigenvalue weighted by molar-refractivity contribution is 0.296. The number of nitrogens with zero attached hydrogens (tertiary/aromatic N) is 1. The average Bonchev–Trinajstić information content (AvgIpc) is 2.89. The molecule has 1 fully saturated rings. The van der Waals surface area contributed by atoms with Crippen molar-refractivity contribution in [3.05, 3.63) is 23.8 Å². The zero-order valence-corrected chi connectivity index (χ0v) is 7.16. The molecular formula is C9H11FN2O. The molecule has 1 aromatic heterocycles. The Labute approximate surface area is 75.7 Å². The predicted octanol–water partition coefficient (Wildman–Crippen LogP) is 1.22. The van der Waals surface area contributed by atoms with Gasteiger partial charge in [0, 0.05) is 12.1 Å². The maximum absolute atomic E-state index is 13.1. The van der Waals surface area contributed by atoms with Gasteiger partial charge in [0.25, 0.3) is 0 Å². The lowest BCUT2D eigenvalue weighted by Gasteiger charge is -2.08. The molecule has 4 heteroatoms. The number of hydrogen-bond donors (Lipinski definition) is 1. The Kier molecular flexibility index (Phi) is 2.14. The summed E-state index contributed by atoms with van der Waals surface area (Å²) in [7, 11) is 0. The van der Waals surface area contributed by atoms with Crippen molar-refractivity contribution < 1.29 is 9.13 Å². The van der Waals surface area contributed by atoms with Gasteiger partial charge < -0.3 is 10.5 Å². The summed E-state index contributed by atoms with van der Waals surface area (Å²) in [5.41, 5.74) is 5.82. The molecule has 70 valence electrons. The first-order valence-electron chi connectivity index (χ1n) is 4.30. The quantitative estimate of drug-likeness (QED) is 0.764. The van der Waals surface area contributed by atoms with Gasteiger partial charge in [-0.2, -0.15) is 0 Å². The molecule has 0 radical (unpaired) electrons. The van der Waals surface area contributed by atoms with Gasteiger partial charge in [-0.1, -0.05) is 0 Å². The van der Waals surface area contributed by atoms with E-state index in [1.165, 1.54) is 6.20 Å². The van der Waals surface area contributed by atoms with Crippen molar-refractivity contribution in [2.24, 2.45) is 5.73 Å². The standard InChI is InChI=1S/C9H11FN2O/c10-8-4-12-5-9(7(8)3-11)13-6-1-2-6/h4-6H,1-3,11H2. The van der Waals surface area contributed by atoms with Crippen molar-refractivity contribution in [2.45, 2.75) is 25.5 Å². The van der Waals surface area contributed by atoms with E-state index in [0.717, 1.165) is 19.0 Å². The van der Waals surface area contributed by atoms with Crippen molar-refractivity contribution in [1.82, 2.24) is 4.98 Å². The third-order valence-corrected chi connectivity index (χ3v) is 1.99. The fourth-order valence-electron chi connectivity index (χ4n) is 1.11. The van der Waals surface area contributed by atoms with E-state index < -0.39 is 0 Å². The van der Waals surface area contributed by atoms with Crippen molar-refractivity contribution in [3.8, 4) is 5.75 Å². The molecule has 2 N–H and O–H groups in total. The molecule has 2 rings (SSSR count). The van der Waals surface area contributed by atoms with Crippen molar-refractivity contribution in [2.75, 3.05) is 0 Å². The van der Waals surface area contributed by atoms with E-state index in [4.69, 9.17) is 10.5 Å². The molecular weight excluding hydrogens is 171 g/mol. The molecule has 0 unspecified atom stereocenters. The molecule has 0 bridgehead atoms. The van der Waals surface area contributed by atoms with Crippen LogP contribution < -0.4 is 10.5 Å². The molecule has 0 aliphatic heterocycles. The second kappa shape index (κ2) is 3.30. The number of rotatable bonds is 3. The Morgan fingerprint density at radius 2 is 2.31 bits per heavy atom. The number of aromatic nitrogens is 1. The summed E-state index contributed by atoms with van der Waals surface area (Å²) < 4.78 is 18.5. The molecule has 0 spiro atoms. The monoisotopic (exact) mass is 182 g/mol. The highest BCUT2D eigenvalue weighted by Gasteiger charge is 2.25. The number of nitrogens with two attached hydrogens (primary N) is 1. The van der Waals surface area contributed by atoms with Gasteiger partial charge in [0.1, 0.15) is 11.6 Å². The first-order chi connectivity index (χ1) is 6.31. The minimum absolute atomic E-state index is 0.149. The predicted molar refractivity (Wildman–Crippen MR) is 45.7 cm³/mol. The van der Waals surface area contributed by atoms with Crippen LogP contribution in [0.5, 0.6) is 5.75 Å². The van der Waals surface area contributed by atoms with Gasteiger partial charge in [-0.25, -0.2) is 4.39 Å². The molecule has 1 aliphatic carbocycles. The second-order valence-electron chi connectivity index (χ2n) is 3.12. The van der Waals surface area contributed by atoms with Crippen LogP contribution in [0.15, 0.2) is 12.4 Å². The Morgan fingerprint density at radius 1 is 1.54 bits per heavy atom. The van der Waals surface area contributed by atoms with Crippen LogP contribution in [0.4, 0.5) is 4.39 Å². The molecule has 1 aromatic rings. The van der Waals surface area contributed by atoms with Crippen LogP contribution in [0.25, 0.3) is 0 Å². The Morgan fingerprint density at radius 3 is 2.92 bits per heavy atom. The smallest absolute Gasteiger partial charge is 0.149 e. The van der Waals surface area contributed by atoms with E-state index in [2.05, 4.69) is 4.98 Å². The molecule has 13 heavy (non-hydrogen) atoms. The summed E-state index contributed by atoms with van der Waals surface area (Å²) in [5.74, 6) is 0.102. The van der Waals surface area contributed by atoms with E-state index in [9.17, 15) is 4.39 Å². The van der Waals surface area contributed by atoms with Crippen molar-refractivity contribution in [1.29, 1.82) is 0 Å². The second-order valence-corrected chi connectivity index (χ2v) is 3.12. The molecule has 1 heterocycles. The normalized spacial score (nSPS) is 15.8. The summed E-state index contributed by atoms with van der Waals surface area (Å²) >= 11 is 0. The van der Waals surface area contributed by atoms with E-state index >= 15 is 0 Å². The van der Waals surface area contributed by atoms with E-state index in [1.807, 2.05) is 0 Å². The molecule has 1 saturated carbocycles. The zero-order valence-electron chi connectivity index (χ0n) is 7.16. The fraction of sp³-hybridized carbons (Fsp3) is 0.444. The minimum Gasteiger partial charge on any atom is -0.488 e. The van der Waals surface area contributed by atoms with Crippen LogP contribution >= 0.6 is 0 Å². The van der Waals surface area contributed by atoms with Gasteiger partial charge in [-0.15, -0.1) is 0 Å². The van der Waals surface area contributed by atoms with Crippen molar-refractivity contribution in [3.63, 3.8) is 0 Å². The molecule has 0 saturated heterocycles.